The largest absolute Gasteiger partial charge is 0.375 e. The Morgan fingerprint density at radius 3 is 2.50 bits per heavy atom. The van der Waals surface area contributed by atoms with E-state index in [9.17, 15) is 0 Å². The molecule has 2 nitrogen and oxygen atoms in total. The lowest BCUT2D eigenvalue weighted by atomic mass is 9.87. The third kappa shape index (κ3) is 0.663. The molecule has 3 heterocycles. The molecular weight excluding hydrogens is 128 g/mol. The number of fused-ring (bicyclic) bond motifs is 2. The average Bonchev–Trinajstić information content (AvgIpc) is 2.60. The Balaban J connectivity index is 1.77. The topological polar surface area (TPSA) is 21.8 Å². The normalized spacial score (nSPS) is 57.6. The van der Waals surface area contributed by atoms with Crippen molar-refractivity contribution < 1.29 is 9.47 Å². The third-order valence-corrected chi connectivity index (χ3v) is 2.99. The molecular formula is C8H12O2. The lowest BCUT2D eigenvalue weighted by Crippen LogP contribution is -2.21. The molecule has 3 rings (SSSR count). The zero-order valence-corrected chi connectivity index (χ0v) is 5.95. The van der Waals surface area contributed by atoms with Crippen LogP contribution in [-0.4, -0.2) is 24.9 Å². The molecule has 0 spiro atoms. The lowest BCUT2D eigenvalue weighted by molar-refractivity contribution is 0.0875. The van der Waals surface area contributed by atoms with Gasteiger partial charge in [-0.3, -0.25) is 0 Å². The maximum Gasteiger partial charge on any atom is 0.0863 e. The summed E-state index contributed by atoms with van der Waals surface area (Å²) >= 11 is 0. The smallest absolute Gasteiger partial charge is 0.0863 e. The van der Waals surface area contributed by atoms with Gasteiger partial charge in [0.1, 0.15) is 0 Å². The molecule has 0 radical (unpaired) electrons. The van der Waals surface area contributed by atoms with Crippen LogP contribution in [0.15, 0.2) is 0 Å². The van der Waals surface area contributed by atoms with Crippen molar-refractivity contribution in [2.45, 2.75) is 37.6 Å². The molecule has 0 aromatic heterocycles. The zero-order valence-electron chi connectivity index (χ0n) is 5.95. The van der Waals surface area contributed by atoms with Crippen LogP contribution in [0.5, 0.6) is 0 Å². The SMILES string of the molecule is C1CC2OC1CC2[C@H]1CO1. The van der Waals surface area contributed by atoms with E-state index < -0.39 is 0 Å². The Bertz CT molecular complexity index is 153. The van der Waals surface area contributed by atoms with Crippen molar-refractivity contribution in [2.24, 2.45) is 5.92 Å². The Kier molecular flexibility index (Phi) is 0.968. The van der Waals surface area contributed by atoms with Crippen LogP contribution in [0.4, 0.5) is 0 Å². The van der Waals surface area contributed by atoms with E-state index in [-0.39, 0.29) is 0 Å². The summed E-state index contributed by atoms with van der Waals surface area (Å²) in [4.78, 5) is 0. The van der Waals surface area contributed by atoms with Gasteiger partial charge in [-0.25, -0.2) is 0 Å². The Hall–Kier alpha value is -0.0800. The molecule has 0 amide bonds. The van der Waals surface area contributed by atoms with Crippen LogP contribution in [0.1, 0.15) is 19.3 Å². The second kappa shape index (κ2) is 1.74. The standard InChI is InChI=1S/C8H12O2/c1-2-7-6(8-4-9-8)3-5(1)10-7/h5-8H,1-4H2/t5?,6?,7?,8-/m1/s1. The number of epoxide rings is 1. The summed E-state index contributed by atoms with van der Waals surface area (Å²) in [6.45, 7) is 0.997. The van der Waals surface area contributed by atoms with E-state index in [1.54, 1.807) is 0 Å². The van der Waals surface area contributed by atoms with E-state index in [1.807, 2.05) is 0 Å². The first-order valence-electron chi connectivity index (χ1n) is 4.20. The summed E-state index contributed by atoms with van der Waals surface area (Å²) in [5.74, 6) is 0.763. The summed E-state index contributed by atoms with van der Waals surface area (Å²) < 4.78 is 11.0. The van der Waals surface area contributed by atoms with E-state index in [2.05, 4.69) is 0 Å². The molecule has 3 unspecified atom stereocenters. The summed E-state index contributed by atoms with van der Waals surface area (Å²) in [5.41, 5.74) is 0. The highest BCUT2D eigenvalue weighted by molar-refractivity contribution is 4.96. The third-order valence-electron chi connectivity index (χ3n) is 2.99. The molecule has 3 saturated heterocycles. The van der Waals surface area contributed by atoms with Gasteiger partial charge in [0.25, 0.3) is 0 Å². The monoisotopic (exact) mass is 140 g/mol. The van der Waals surface area contributed by atoms with Gasteiger partial charge in [0, 0.05) is 5.92 Å². The molecule has 2 bridgehead atoms. The molecule has 3 fully saturated rings. The maximum atomic E-state index is 5.71. The summed E-state index contributed by atoms with van der Waals surface area (Å²) in [7, 11) is 0. The second-order valence-corrected chi connectivity index (χ2v) is 3.65. The van der Waals surface area contributed by atoms with Crippen molar-refractivity contribution in [2.75, 3.05) is 6.61 Å². The molecule has 2 heteroatoms. The van der Waals surface area contributed by atoms with Crippen molar-refractivity contribution in [3.63, 3.8) is 0 Å². The first-order valence-corrected chi connectivity index (χ1v) is 4.20. The van der Waals surface area contributed by atoms with Crippen LogP contribution in [0.25, 0.3) is 0 Å². The van der Waals surface area contributed by atoms with E-state index in [4.69, 9.17) is 9.47 Å². The maximum absolute atomic E-state index is 5.71. The van der Waals surface area contributed by atoms with Crippen molar-refractivity contribution in [3.05, 3.63) is 0 Å². The molecule has 0 saturated carbocycles. The Morgan fingerprint density at radius 2 is 2.00 bits per heavy atom. The van der Waals surface area contributed by atoms with Crippen LogP contribution in [0.3, 0.4) is 0 Å². The fraction of sp³-hybridized carbons (Fsp3) is 1.00. The molecule has 0 aliphatic carbocycles. The number of ether oxygens (including phenoxy) is 2. The molecule has 0 aromatic rings. The second-order valence-electron chi connectivity index (χ2n) is 3.65. The van der Waals surface area contributed by atoms with E-state index in [1.165, 1.54) is 19.3 Å². The van der Waals surface area contributed by atoms with Gasteiger partial charge in [0.05, 0.1) is 24.9 Å². The van der Waals surface area contributed by atoms with E-state index in [0.29, 0.717) is 18.3 Å². The highest BCUT2D eigenvalue weighted by atomic mass is 16.6. The number of hydrogen-bond donors (Lipinski definition) is 0. The summed E-state index contributed by atoms with van der Waals surface area (Å²) in [6.07, 6.45) is 5.60. The minimum atomic E-state index is 0.567. The van der Waals surface area contributed by atoms with Gasteiger partial charge in [-0.05, 0) is 19.3 Å². The summed E-state index contributed by atoms with van der Waals surface area (Å²) in [6, 6.07) is 0. The Labute approximate surface area is 60.5 Å². The number of hydrogen-bond acceptors (Lipinski definition) is 2. The van der Waals surface area contributed by atoms with Crippen molar-refractivity contribution >= 4 is 0 Å². The predicted molar refractivity (Wildman–Crippen MR) is 35.7 cm³/mol. The van der Waals surface area contributed by atoms with Gasteiger partial charge >= 0.3 is 0 Å². The van der Waals surface area contributed by atoms with Gasteiger partial charge in [0.15, 0.2) is 0 Å². The zero-order chi connectivity index (χ0) is 6.55. The summed E-state index contributed by atoms with van der Waals surface area (Å²) in [5, 5.41) is 0. The molecule has 4 atom stereocenters. The van der Waals surface area contributed by atoms with Crippen LogP contribution >= 0.6 is 0 Å². The molecule has 10 heavy (non-hydrogen) atoms. The van der Waals surface area contributed by atoms with Crippen LogP contribution in [-0.2, 0) is 9.47 Å². The fourth-order valence-electron chi connectivity index (χ4n) is 2.37. The van der Waals surface area contributed by atoms with Crippen molar-refractivity contribution in [1.82, 2.24) is 0 Å². The first-order chi connectivity index (χ1) is 4.93. The van der Waals surface area contributed by atoms with Crippen molar-refractivity contribution in [1.29, 1.82) is 0 Å². The van der Waals surface area contributed by atoms with Crippen LogP contribution in [0, 0.1) is 5.92 Å². The highest BCUT2D eigenvalue weighted by Gasteiger charge is 2.48. The van der Waals surface area contributed by atoms with Gasteiger partial charge in [0.2, 0.25) is 0 Å². The minimum absolute atomic E-state index is 0.567. The Morgan fingerprint density at radius 1 is 1.10 bits per heavy atom. The molecule has 0 aromatic carbocycles. The average molecular weight is 140 g/mol. The molecule has 3 aliphatic rings. The van der Waals surface area contributed by atoms with Gasteiger partial charge in [-0.1, -0.05) is 0 Å². The quantitative estimate of drug-likeness (QED) is 0.506. The minimum Gasteiger partial charge on any atom is -0.375 e. The lowest BCUT2D eigenvalue weighted by Gasteiger charge is -2.14. The predicted octanol–water partition coefficient (Wildman–Crippen LogP) is 0.953. The van der Waals surface area contributed by atoms with Crippen LogP contribution in [0.2, 0.25) is 0 Å². The van der Waals surface area contributed by atoms with Crippen molar-refractivity contribution in [3.8, 4) is 0 Å². The van der Waals surface area contributed by atoms with Gasteiger partial charge in [-0.2, -0.15) is 0 Å². The van der Waals surface area contributed by atoms with E-state index >= 15 is 0 Å². The highest BCUT2D eigenvalue weighted by Crippen LogP contribution is 2.43. The van der Waals surface area contributed by atoms with Gasteiger partial charge < -0.3 is 9.47 Å². The first kappa shape index (κ1) is 5.56. The van der Waals surface area contributed by atoms with Crippen LogP contribution < -0.4 is 0 Å². The molecule has 0 N–H and O–H groups in total. The molecule has 56 valence electrons. The molecule has 3 aliphatic heterocycles. The fourth-order valence-corrected chi connectivity index (χ4v) is 2.37. The number of rotatable bonds is 1. The van der Waals surface area contributed by atoms with E-state index in [0.717, 1.165) is 12.5 Å². The van der Waals surface area contributed by atoms with Gasteiger partial charge in [-0.15, -0.1) is 0 Å².